The summed E-state index contributed by atoms with van der Waals surface area (Å²) in [6, 6.07) is 10.8. The van der Waals surface area contributed by atoms with Gasteiger partial charge in [-0.2, -0.15) is 28.8 Å². The lowest BCUT2D eigenvalue weighted by Gasteiger charge is -1.72. The number of rotatable bonds is 2. The van der Waals surface area contributed by atoms with E-state index >= 15 is 0 Å². The second-order valence-corrected chi connectivity index (χ2v) is 7.12. The van der Waals surface area contributed by atoms with Gasteiger partial charge in [0.2, 0.25) is 0 Å². The van der Waals surface area contributed by atoms with Crippen molar-refractivity contribution >= 4 is 34.4 Å². The first-order valence-electron chi connectivity index (χ1n) is 13.1. The average Bonchev–Trinajstić information content (AvgIpc) is 3.90. The summed E-state index contributed by atoms with van der Waals surface area (Å²) >= 11 is 2.95. The van der Waals surface area contributed by atoms with Crippen LogP contribution in [0.5, 0.6) is 0 Å². The summed E-state index contributed by atoms with van der Waals surface area (Å²) in [5.74, 6) is 28.9. The highest BCUT2D eigenvalue weighted by Crippen LogP contribution is 1.97. The Bertz CT molecular complexity index is 1710. The predicted octanol–water partition coefficient (Wildman–Crippen LogP) is 6.63. The standard InChI is InChI=1S/C12H10O.C11H8O.C6H3BrO.C6H8.3CO2/c1-2-3-4-5-6-7-9-12-10-8-11-13-12;1-2-3-4-5-6-8-11-9-7-10-12-11;7-4-3-6-2-1-5-8-6;1-3-5-6-4-2;3*2-1-3/h3-4,8,10-11H,2H2,1H3;2-3,7,9-10H,1H3;1-2,5H;1,5-6H,4H2,2H3;;;/b4-3-;3-2-;;6-5-;;;. The van der Waals surface area contributed by atoms with E-state index in [-0.39, 0.29) is 18.5 Å². The van der Waals surface area contributed by atoms with Crippen LogP contribution in [0, 0.1) is 70.5 Å². The Balaban J connectivity index is -0.000000255. The molecule has 0 aliphatic rings. The number of allylic oxidation sites excluding steroid dienone is 6. The molecule has 0 N–H and O–H groups in total. The van der Waals surface area contributed by atoms with Gasteiger partial charge in [0.25, 0.3) is 0 Å². The molecule has 0 spiro atoms. The highest BCUT2D eigenvalue weighted by Gasteiger charge is 1.84. The number of furan rings is 3. The Morgan fingerprint density at radius 2 is 1.00 bits per heavy atom. The van der Waals surface area contributed by atoms with E-state index in [0.717, 1.165) is 12.8 Å². The van der Waals surface area contributed by atoms with E-state index in [1.807, 2.05) is 32.1 Å². The topological polar surface area (TPSA) is 142 Å². The van der Waals surface area contributed by atoms with E-state index in [2.05, 4.69) is 86.9 Å². The molecule has 9 nitrogen and oxygen atoms in total. The summed E-state index contributed by atoms with van der Waals surface area (Å²) < 4.78 is 14.9. The zero-order valence-corrected chi connectivity index (χ0v) is 27.8. The molecule has 0 aliphatic heterocycles. The molecule has 10 heteroatoms. The fraction of sp³-hybridized carbons (Fsp3) is 0.132. The van der Waals surface area contributed by atoms with Gasteiger partial charge in [-0.25, -0.2) is 0 Å². The molecule has 48 heavy (non-hydrogen) atoms. The monoisotopic (exact) mass is 708 g/mol. The van der Waals surface area contributed by atoms with Gasteiger partial charge in [-0.1, -0.05) is 49.8 Å². The van der Waals surface area contributed by atoms with Crippen LogP contribution in [-0.4, -0.2) is 18.5 Å². The van der Waals surface area contributed by atoms with Gasteiger partial charge in [0.15, 0.2) is 17.3 Å². The second kappa shape index (κ2) is 47.0. The van der Waals surface area contributed by atoms with Crippen molar-refractivity contribution in [2.75, 3.05) is 0 Å². The van der Waals surface area contributed by atoms with Crippen LogP contribution in [0.15, 0.2) is 105 Å². The molecule has 0 atom stereocenters. The van der Waals surface area contributed by atoms with Crippen molar-refractivity contribution in [2.45, 2.75) is 33.6 Å². The summed E-state index contributed by atoms with van der Waals surface area (Å²) in [5.41, 5.74) is 0. The zero-order valence-electron chi connectivity index (χ0n) is 26.2. The molecule has 3 heterocycles. The van der Waals surface area contributed by atoms with E-state index in [1.165, 1.54) is 0 Å². The quantitative estimate of drug-likeness (QED) is 0.268. The lowest BCUT2D eigenvalue weighted by atomic mass is 10.4. The van der Waals surface area contributed by atoms with Crippen LogP contribution in [0.2, 0.25) is 0 Å². The maximum Gasteiger partial charge on any atom is 0.373 e. The van der Waals surface area contributed by atoms with Crippen LogP contribution in [0.3, 0.4) is 0 Å². The summed E-state index contributed by atoms with van der Waals surface area (Å²) in [5, 5.41) is 0. The minimum Gasteiger partial charge on any atom is -0.456 e. The number of terminal acetylenes is 1. The molecule has 242 valence electrons. The fourth-order valence-corrected chi connectivity index (χ4v) is 2.08. The minimum absolute atomic E-state index is 0.250. The largest absolute Gasteiger partial charge is 0.456 e. The third-order valence-corrected chi connectivity index (χ3v) is 3.71. The Hall–Kier alpha value is -6.96. The lowest BCUT2D eigenvalue weighted by molar-refractivity contribution is -0.193. The molecule has 0 fully saturated rings. The van der Waals surface area contributed by atoms with E-state index in [0.29, 0.717) is 17.3 Å². The highest BCUT2D eigenvalue weighted by molar-refractivity contribution is 9.12. The molecule has 0 radical (unpaired) electrons. The van der Waals surface area contributed by atoms with Crippen molar-refractivity contribution < 1.29 is 42.0 Å². The molecule has 0 aliphatic carbocycles. The Kier molecular flexibility index (Phi) is 46.9. The first kappa shape index (κ1) is 48.0. The van der Waals surface area contributed by atoms with E-state index in [1.54, 1.807) is 73.4 Å². The van der Waals surface area contributed by atoms with Gasteiger partial charge in [-0.3, -0.25) is 0 Å². The van der Waals surface area contributed by atoms with Gasteiger partial charge in [0.1, 0.15) is 0 Å². The Labute approximate surface area is 288 Å². The molecule has 3 aromatic heterocycles. The maximum atomic E-state index is 8.12. The molecule has 0 amide bonds. The van der Waals surface area contributed by atoms with Gasteiger partial charge >= 0.3 is 18.5 Å². The number of hydrogen-bond donors (Lipinski definition) is 0. The third kappa shape index (κ3) is 46.0. The normalized spacial score (nSPS) is 7.31. The van der Waals surface area contributed by atoms with Crippen molar-refractivity contribution in [3.8, 4) is 70.5 Å². The van der Waals surface area contributed by atoms with E-state index in [4.69, 9.17) is 48.4 Å². The van der Waals surface area contributed by atoms with Gasteiger partial charge in [-0.05, 0) is 121 Å². The first-order valence-corrected chi connectivity index (χ1v) is 13.9. The van der Waals surface area contributed by atoms with Crippen LogP contribution in [0.4, 0.5) is 0 Å². The first-order chi connectivity index (χ1) is 23.5. The van der Waals surface area contributed by atoms with Crippen molar-refractivity contribution in [2.24, 2.45) is 0 Å². The SMILES string of the molecule is BrC#Cc1ccco1.C#C/C=C\CC.C/C=C\C#CC#Cc1ccco1.CC/C=C\C#CC#Cc1ccco1.O=C=O.O=C=O.O=C=O. The average molecular weight is 710 g/mol. The zero-order chi connectivity index (χ0) is 36.8. The van der Waals surface area contributed by atoms with E-state index < -0.39 is 0 Å². The third-order valence-electron chi connectivity index (χ3n) is 3.51. The molecule has 3 aromatic rings. The number of halogens is 1. The fourth-order valence-electron chi connectivity index (χ4n) is 1.88. The van der Waals surface area contributed by atoms with Gasteiger partial charge in [-0.15, -0.1) is 6.42 Å². The van der Waals surface area contributed by atoms with E-state index in [9.17, 15) is 0 Å². The molecule has 3 rings (SSSR count). The summed E-state index contributed by atoms with van der Waals surface area (Å²) in [7, 11) is 0. The summed E-state index contributed by atoms with van der Waals surface area (Å²) in [6.07, 6.45) is 23.5. The van der Waals surface area contributed by atoms with Gasteiger partial charge in [0.05, 0.1) is 18.8 Å². The molecule has 0 unspecified atom stereocenters. The second-order valence-electron chi connectivity index (χ2n) is 6.73. The molecule has 0 bridgehead atoms. The maximum absolute atomic E-state index is 8.12. The molecular weight excluding hydrogens is 680 g/mol. The highest BCUT2D eigenvalue weighted by atomic mass is 79.9. The van der Waals surface area contributed by atoms with Crippen LogP contribution in [-0.2, 0) is 28.8 Å². The van der Waals surface area contributed by atoms with Crippen molar-refractivity contribution in [3.63, 3.8) is 0 Å². The molecular formula is C38H29BrO9. The van der Waals surface area contributed by atoms with Crippen LogP contribution in [0.25, 0.3) is 0 Å². The molecule has 0 aromatic carbocycles. The number of carbonyl (C=O) groups excluding carboxylic acids is 6. The Morgan fingerprint density at radius 3 is 1.29 bits per heavy atom. The van der Waals surface area contributed by atoms with Crippen molar-refractivity contribution in [1.29, 1.82) is 0 Å². The summed E-state index contributed by atoms with van der Waals surface area (Å²) in [4.78, 5) is 51.3. The van der Waals surface area contributed by atoms with Gasteiger partial charge < -0.3 is 13.3 Å². The minimum atomic E-state index is 0.250. The van der Waals surface area contributed by atoms with Crippen LogP contribution >= 0.6 is 15.9 Å². The number of hydrogen-bond acceptors (Lipinski definition) is 9. The molecule has 0 saturated carbocycles. The van der Waals surface area contributed by atoms with Crippen molar-refractivity contribution in [3.05, 3.63) is 109 Å². The van der Waals surface area contributed by atoms with Crippen LogP contribution < -0.4 is 0 Å². The van der Waals surface area contributed by atoms with Crippen molar-refractivity contribution in [1.82, 2.24) is 0 Å². The van der Waals surface area contributed by atoms with Gasteiger partial charge in [0, 0.05) is 15.9 Å². The lowest BCUT2D eigenvalue weighted by Crippen LogP contribution is -1.60. The summed E-state index contributed by atoms with van der Waals surface area (Å²) in [6.45, 7) is 6.02. The Morgan fingerprint density at radius 1 is 0.625 bits per heavy atom. The van der Waals surface area contributed by atoms with Crippen LogP contribution in [0.1, 0.15) is 50.9 Å². The predicted molar refractivity (Wildman–Crippen MR) is 179 cm³/mol. The smallest absolute Gasteiger partial charge is 0.373 e. The molecule has 0 saturated heterocycles.